The molecule has 1 atom stereocenters. The molecule has 3 rings (SSSR count). The van der Waals surface area contributed by atoms with Gasteiger partial charge in [-0.3, -0.25) is 0 Å². The number of hydrogen-bond donors (Lipinski definition) is 0. The van der Waals surface area contributed by atoms with Gasteiger partial charge in [0.25, 0.3) is 10.0 Å². The van der Waals surface area contributed by atoms with Crippen LogP contribution in [0, 0.1) is 0 Å². The molecule has 1 heterocycles. The molecule has 0 bridgehead atoms. The predicted molar refractivity (Wildman–Crippen MR) is 109 cm³/mol. The van der Waals surface area contributed by atoms with Crippen LogP contribution < -0.4 is 0 Å². The summed E-state index contributed by atoms with van der Waals surface area (Å²) in [6, 6.07) is 16.1. The van der Waals surface area contributed by atoms with Crippen LogP contribution in [0.1, 0.15) is 5.56 Å². The van der Waals surface area contributed by atoms with Crippen LogP contribution in [-0.2, 0) is 14.8 Å². The zero-order chi connectivity index (χ0) is 18.0. The van der Waals surface area contributed by atoms with Crippen molar-refractivity contribution >= 4 is 62.3 Å². The maximum atomic E-state index is 13.1. The molecule has 2 aromatic rings. The third-order valence-corrected chi connectivity index (χ3v) is 7.47. The Bertz CT molecular complexity index is 883. The predicted octanol–water partition coefficient (Wildman–Crippen LogP) is 4.95. The van der Waals surface area contributed by atoms with E-state index in [1.807, 2.05) is 30.3 Å². The summed E-state index contributed by atoms with van der Waals surface area (Å²) in [4.78, 5) is 0.223. The lowest BCUT2D eigenvalue weighted by Crippen LogP contribution is -2.29. The van der Waals surface area contributed by atoms with Crippen LogP contribution >= 0.6 is 47.8 Å². The van der Waals surface area contributed by atoms with Crippen molar-refractivity contribution in [3.63, 3.8) is 0 Å². The van der Waals surface area contributed by atoms with Gasteiger partial charge in [-0.05, 0) is 45.8 Å². The fourth-order valence-corrected chi connectivity index (χ4v) is 5.15. The van der Waals surface area contributed by atoms with Gasteiger partial charge in [-0.15, -0.1) is 0 Å². The van der Waals surface area contributed by atoms with Crippen LogP contribution in [0.4, 0.5) is 0 Å². The monoisotopic (exact) mass is 549 g/mol. The normalized spacial score (nSPS) is 19.6. The third kappa shape index (κ3) is 3.97. The summed E-state index contributed by atoms with van der Waals surface area (Å²) in [7, 11) is -3.72. The average Bonchev–Trinajstić information content (AvgIpc) is 3.07. The molecule has 2 aromatic carbocycles. The lowest BCUT2D eigenvalue weighted by atomic mass is 10.2. The minimum Gasteiger partial charge on any atom is -0.471 e. The van der Waals surface area contributed by atoms with Crippen molar-refractivity contribution in [1.29, 1.82) is 0 Å². The van der Waals surface area contributed by atoms with Gasteiger partial charge in [-0.25, -0.2) is 12.7 Å². The van der Waals surface area contributed by atoms with Crippen molar-refractivity contribution in [1.82, 2.24) is 4.31 Å². The Labute approximate surface area is 172 Å². The van der Waals surface area contributed by atoms with Crippen molar-refractivity contribution in [2.45, 2.75) is 11.0 Å². The van der Waals surface area contributed by atoms with E-state index in [1.54, 1.807) is 24.3 Å². The third-order valence-electron chi connectivity index (χ3n) is 3.66. The average molecular weight is 552 g/mol. The number of alkyl halides is 1. The first-order valence-electron chi connectivity index (χ1n) is 7.39. The molecule has 0 aliphatic carbocycles. The summed E-state index contributed by atoms with van der Waals surface area (Å²) >= 11 is 10.2. The summed E-state index contributed by atoms with van der Waals surface area (Å²) in [6.45, 7) is 0.251. The zero-order valence-corrected chi connectivity index (χ0v) is 18.5. The van der Waals surface area contributed by atoms with E-state index in [4.69, 9.17) is 4.74 Å². The van der Waals surface area contributed by atoms with Crippen LogP contribution in [0.15, 0.2) is 69.8 Å². The van der Waals surface area contributed by atoms with Gasteiger partial charge in [0.2, 0.25) is 5.88 Å². The summed E-state index contributed by atoms with van der Waals surface area (Å²) in [5.74, 6) is 0.304. The second-order valence-electron chi connectivity index (χ2n) is 5.37. The van der Waals surface area contributed by atoms with Crippen LogP contribution in [0.2, 0.25) is 0 Å². The molecule has 0 unspecified atom stereocenters. The molecule has 4 nitrogen and oxygen atoms in total. The summed E-state index contributed by atoms with van der Waals surface area (Å²) in [5, 5.41) is 0.540. The second kappa shape index (κ2) is 7.82. The van der Waals surface area contributed by atoms with Crippen LogP contribution in [0.5, 0.6) is 0 Å². The van der Waals surface area contributed by atoms with Crippen molar-refractivity contribution in [2.24, 2.45) is 0 Å². The van der Waals surface area contributed by atoms with Gasteiger partial charge >= 0.3 is 0 Å². The molecule has 0 radical (unpaired) electrons. The molecule has 132 valence electrons. The van der Waals surface area contributed by atoms with E-state index >= 15 is 0 Å². The van der Waals surface area contributed by atoms with Crippen molar-refractivity contribution in [3.05, 3.63) is 70.5 Å². The molecule has 0 N–H and O–H groups in total. The Morgan fingerprint density at radius 3 is 2.36 bits per heavy atom. The van der Waals surface area contributed by atoms with Gasteiger partial charge in [0.05, 0.1) is 15.9 Å². The highest BCUT2D eigenvalue weighted by Gasteiger charge is 2.38. The van der Waals surface area contributed by atoms with Crippen molar-refractivity contribution < 1.29 is 13.2 Å². The molecule has 1 aliphatic heterocycles. The molecule has 25 heavy (non-hydrogen) atoms. The summed E-state index contributed by atoms with van der Waals surface area (Å²) in [6.07, 6.45) is -0.253. The van der Waals surface area contributed by atoms with E-state index < -0.39 is 10.0 Å². The van der Waals surface area contributed by atoms with E-state index in [9.17, 15) is 8.42 Å². The number of hydrogen-bond acceptors (Lipinski definition) is 3. The summed E-state index contributed by atoms with van der Waals surface area (Å²) < 4.78 is 34.9. The van der Waals surface area contributed by atoms with Crippen LogP contribution in [0.3, 0.4) is 0 Å². The standard InChI is InChI=1S/C17H14Br3NO3S/c18-10-14-11-21(25(22,23)15-8-6-13(19)7-9-15)17(24-14)16(20)12-4-2-1-3-5-12/h1-9,14H,10-11H2/b17-16+/t14-/m1/s1. The van der Waals surface area contributed by atoms with E-state index in [-0.39, 0.29) is 17.5 Å². The molecule has 8 heteroatoms. The topological polar surface area (TPSA) is 46.6 Å². The number of ether oxygens (including phenoxy) is 1. The number of rotatable bonds is 4. The SMILES string of the molecule is O=S(=O)(c1ccc(Br)cc1)N1C[C@@H](CBr)O/C1=C(/Br)c1ccccc1. The molecule has 0 spiro atoms. The maximum absolute atomic E-state index is 13.1. The number of benzene rings is 2. The Morgan fingerprint density at radius 2 is 1.76 bits per heavy atom. The molecule has 0 aromatic heterocycles. The van der Waals surface area contributed by atoms with E-state index in [0.717, 1.165) is 10.0 Å². The lowest BCUT2D eigenvalue weighted by Gasteiger charge is -2.19. The van der Waals surface area contributed by atoms with Gasteiger partial charge in [-0.2, -0.15) is 0 Å². The quantitative estimate of drug-likeness (QED) is 0.505. The molecule has 0 saturated carbocycles. The van der Waals surface area contributed by atoms with Gasteiger partial charge in [0.15, 0.2) is 0 Å². The highest BCUT2D eigenvalue weighted by atomic mass is 79.9. The molecular formula is C17H14Br3NO3S. The first-order chi connectivity index (χ1) is 11.9. The first-order valence-corrected chi connectivity index (χ1v) is 11.5. The van der Waals surface area contributed by atoms with Crippen LogP contribution in [-0.4, -0.2) is 30.7 Å². The lowest BCUT2D eigenvalue weighted by molar-refractivity contribution is 0.187. The molecule has 1 fully saturated rings. The number of nitrogens with zero attached hydrogens (tertiary/aromatic N) is 1. The highest BCUT2D eigenvalue weighted by Crippen LogP contribution is 2.36. The van der Waals surface area contributed by atoms with Crippen molar-refractivity contribution in [2.75, 3.05) is 11.9 Å². The van der Waals surface area contributed by atoms with Gasteiger partial charge in [-0.1, -0.05) is 62.2 Å². The molecule has 0 amide bonds. The van der Waals surface area contributed by atoms with Gasteiger partial charge < -0.3 is 4.74 Å². The summed E-state index contributed by atoms with van der Waals surface area (Å²) in [5.41, 5.74) is 0.851. The largest absolute Gasteiger partial charge is 0.471 e. The Hall–Kier alpha value is -0.830. The smallest absolute Gasteiger partial charge is 0.266 e. The maximum Gasteiger partial charge on any atom is 0.266 e. The Kier molecular flexibility index (Phi) is 5.92. The molecular weight excluding hydrogens is 538 g/mol. The van der Waals surface area contributed by atoms with Crippen LogP contribution in [0.25, 0.3) is 4.48 Å². The van der Waals surface area contributed by atoms with E-state index in [0.29, 0.717) is 15.7 Å². The molecule has 1 aliphatic rings. The minimum absolute atomic E-state index is 0.223. The fraction of sp³-hybridized carbons (Fsp3) is 0.176. The Balaban J connectivity index is 2.07. The number of sulfonamides is 1. The van der Waals surface area contributed by atoms with Crippen molar-refractivity contribution in [3.8, 4) is 0 Å². The minimum atomic E-state index is -3.72. The first kappa shape index (κ1) is 18.9. The van der Waals surface area contributed by atoms with E-state index in [2.05, 4.69) is 47.8 Å². The zero-order valence-electron chi connectivity index (χ0n) is 12.9. The molecule has 1 saturated heterocycles. The fourth-order valence-electron chi connectivity index (χ4n) is 2.41. The Morgan fingerprint density at radius 1 is 1.12 bits per heavy atom. The second-order valence-corrected chi connectivity index (χ2v) is 9.59. The van der Waals surface area contributed by atoms with Gasteiger partial charge in [0, 0.05) is 9.80 Å². The highest BCUT2D eigenvalue weighted by molar-refractivity contribution is 9.15. The van der Waals surface area contributed by atoms with Gasteiger partial charge in [0.1, 0.15) is 6.10 Å². The van der Waals surface area contributed by atoms with E-state index in [1.165, 1.54) is 4.31 Å². The number of halogens is 3.